The fourth-order valence-corrected chi connectivity index (χ4v) is 5.97. The molecule has 2 aliphatic heterocycles. The highest BCUT2D eigenvalue weighted by Gasteiger charge is 2.45. The molecule has 3 heterocycles. The van der Waals surface area contributed by atoms with Gasteiger partial charge in [-0.25, -0.2) is 9.18 Å². The van der Waals surface area contributed by atoms with Gasteiger partial charge in [-0.05, 0) is 61.4 Å². The lowest BCUT2D eigenvalue weighted by Crippen LogP contribution is -2.50. The first-order valence-corrected chi connectivity index (χ1v) is 14.2. The monoisotopic (exact) mass is 584 g/mol. The summed E-state index contributed by atoms with van der Waals surface area (Å²) >= 11 is 12.5. The summed E-state index contributed by atoms with van der Waals surface area (Å²) in [6.45, 7) is 3.80. The molecule has 1 saturated heterocycles. The number of rotatable bonds is 8. The number of hydrogen-bond donors (Lipinski definition) is 2. The van der Waals surface area contributed by atoms with Crippen LogP contribution in [0.3, 0.4) is 0 Å². The Morgan fingerprint density at radius 1 is 1.15 bits per heavy atom. The van der Waals surface area contributed by atoms with Gasteiger partial charge in [0.25, 0.3) is 0 Å². The van der Waals surface area contributed by atoms with Crippen molar-refractivity contribution in [1.29, 1.82) is 0 Å². The van der Waals surface area contributed by atoms with Gasteiger partial charge >= 0.3 is 6.09 Å². The number of nitrogens with zero attached hydrogens (tertiary/aromatic N) is 2. The van der Waals surface area contributed by atoms with Crippen LogP contribution in [0.1, 0.15) is 48.9 Å². The van der Waals surface area contributed by atoms with Gasteiger partial charge in [0.2, 0.25) is 5.91 Å². The van der Waals surface area contributed by atoms with Crippen LogP contribution < -0.4 is 10.6 Å². The number of carbonyl (C=O) groups is 2. The first kappa shape index (κ1) is 28.3. The van der Waals surface area contributed by atoms with E-state index in [1.54, 1.807) is 24.4 Å². The maximum atomic E-state index is 14.1. The molecule has 7 nitrogen and oxygen atoms in total. The standard InChI is InChI=1S/C30H31Cl2FN4O3/c1-19(37-14-10-30(11-15-37)24-18-21(33)6-8-27(24)36-29(39)40-30)16-23(20-5-7-25(31)26(32)17-20)28(38)35-13-9-22-4-2-3-12-34-22/h2-8,12,17-19,23H,9-11,13-16H2,1H3,(H,35,38)(H,36,39). The summed E-state index contributed by atoms with van der Waals surface area (Å²) in [6.07, 6.45) is 3.43. The third-order valence-corrected chi connectivity index (χ3v) is 8.61. The first-order chi connectivity index (χ1) is 19.2. The van der Waals surface area contributed by atoms with E-state index in [2.05, 4.69) is 27.4 Å². The molecule has 0 radical (unpaired) electrons. The van der Waals surface area contributed by atoms with E-state index < -0.39 is 17.6 Å². The van der Waals surface area contributed by atoms with Crippen LogP contribution in [0.15, 0.2) is 60.8 Å². The normalized spacial score (nSPS) is 17.9. The number of anilines is 1. The molecule has 5 rings (SSSR count). The largest absolute Gasteiger partial charge is 0.438 e. The quantitative estimate of drug-likeness (QED) is 0.324. The minimum Gasteiger partial charge on any atom is -0.438 e. The van der Waals surface area contributed by atoms with Crippen molar-refractivity contribution in [2.24, 2.45) is 0 Å². The van der Waals surface area contributed by atoms with Crippen molar-refractivity contribution < 1.29 is 18.7 Å². The Balaban J connectivity index is 1.28. The molecule has 40 heavy (non-hydrogen) atoms. The molecule has 1 spiro atoms. The zero-order valence-corrected chi connectivity index (χ0v) is 23.6. The van der Waals surface area contributed by atoms with Crippen LogP contribution in [-0.4, -0.2) is 47.6 Å². The van der Waals surface area contributed by atoms with Crippen molar-refractivity contribution in [2.75, 3.05) is 25.0 Å². The third-order valence-electron chi connectivity index (χ3n) is 7.87. The highest BCUT2D eigenvalue weighted by Crippen LogP contribution is 2.44. The van der Waals surface area contributed by atoms with Crippen molar-refractivity contribution in [3.8, 4) is 0 Å². The van der Waals surface area contributed by atoms with Crippen molar-refractivity contribution in [2.45, 2.75) is 50.2 Å². The number of aromatic nitrogens is 1. The first-order valence-electron chi connectivity index (χ1n) is 13.4. The molecule has 0 bridgehead atoms. The summed E-state index contributed by atoms with van der Waals surface area (Å²) < 4.78 is 19.9. The number of likely N-dealkylation sites (tertiary alicyclic amines) is 1. The highest BCUT2D eigenvalue weighted by molar-refractivity contribution is 6.42. The fraction of sp³-hybridized carbons (Fsp3) is 0.367. The lowest BCUT2D eigenvalue weighted by atomic mass is 9.81. The molecule has 1 fully saturated rings. The van der Waals surface area contributed by atoms with Gasteiger partial charge in [-0.15, -0.1) is 0 Å². The summed E-state index contributed by atoms with van der Waals surface area (Å²) in [5.74, 6) is -0.908. The molecule has 3 aromatic rings. The molecule has 210 valence electrons. The van der Waals surface area contributed by atoms with Crippen LogP contribution in [0.4, 0.5) is 14.9 Å². The lowest BCUT2D eigenvalue weighted by Gasteiger charge is -2.46. The van der Waals surface area contributed by atoms with E-state index in [1.807, 2.05) is 24.3 Å². The average Bonchev–Trinajstić information content (AvgIpc) is 2.94. The van der Waals surface area contributed by atoms with Gasteiger partial charge in [0.05, 0.1) is 21.7 Å². The van der Waals surface area contributed by atoms with Gasteiger partial charge in [-0.2, -0.15) is 0 Å². The third kappa shape index (κ3) is 6.24. The summed E-state index contributed by atoms with van der Waals surface area (Å²) in [5.41, 5.74) is 2.08. The molecule has 2 unspecified atom stereocenters. The number of pyridine rings is 1. The minimum absolute atomic E-state index is 0.0303. The Morgan fingerprint density at radius 2 is 1.95 bits per heavy atom. The Morgan fingerprint density at radius 3 is 2.67 bits per heavy atom. The number of ether oxygens (including phenoxy) is 1. The Hall–Kier alpha value is -3.20. The van der Waals surface area contributed by atoms with Gasteiger partial charge in [0, 0.05) is 62.4 Å². The van der Waals surface area contributed by atoms with Crippen LogP contribution in [0.5, 0.6) is 0 Å². The summed E-state index contributed by atoms with van der Waals surface area (Å²) in [5, 5.41) is 6.57. The van der Waals surface area contributed by atoms with E-state index >= 15 is 0 Å². The van der Waals surface area contributed by atoms with E-state index in [9.17, 15) is 14.0 Å². The second-order valence-electron chi connectivity index (χ2n) is 10.4. The highest BCUT2D eigenvalue weighted by atomic mass is 35.5. The zero-order valence-electron chi connectivity index (χ0n) is 22.1. The molecule has 2 aromatic carbocycles. The minimum atomic E-state index is -0.873. The number of amides is 2. The zero-order chi connectivity index (χ0) is 28.3. The average molecular weight is 586 g/mol. The van der Waals surface area contributed by atoms with E-state index in [0.29, 0.717) is 66.6 Å². The SMILES string of the molecule is CC(CC(C(=O)NCCc1ccccn1)c1ccc(Cl)c(Cl)c1)N1CCC2(CC1)OC(=O)Nc1ccc(F)cc12. The van der Waals surface area contributed by atoms with Gasteiger partial charge in [-0.1, -0.05) is 35.3 Å². The molecule has 0 saturated carbocycles. The molecule has 0 aliphatic carbocycles. The van der Waals surface area contributed by atoms with Crippen LogP contribution in [-0.2, 0) is 21.6 Å². The smallest absolute Gasteiger partial charge is 0.412 e. The predicted octanol–water partition coefficient (Wildman–Crippen LogP) is 6.30. The number of carbonyl (C=O) groups excluding carboxylic acids is 2. The molecule has 1 aromatic heterocycles. The molecule has 2 N–H and O–H groups in total. The Kier molecular flexibility index (Phi) is 8.59. The summed E-state index contributed by atoms with van der Waals surface area (Å²) in [6, 6.07) is 15.4. The van der Waals surface area contributed by atoms with Gasteiger partial charge in [0.1, 0.15) is 11.4 Å². The van der Waals surface area contributed by atoms with E-state index in [0.717, 1.165) is 11.3 Å². The molecule has 2 amide bonds. The van der Waals surface area contributed by atoms with Gasteiger partial charge in [-0.3, -0.25) is 15.1 Å². The number of nitrogens with one attached hydrogen (secondary N) is 2. The van der Waals surface area contributed by atoms with Crippen LogP contribution in [0.25, 0.3) is 0 Å². The Labute approximate surface area is 243 Å². The van der Waals surface area contributed by atoms with Crippen molar-refractivity contribution in [1.82, 2.24) is 15.2 Å². The van der Waals surface area contributed by atoms with Gasteiger partial charge < -0.3 is 15.0 Å². The molecule has 2 aliphatic rings. The molecule has 10 heteroatoms. The van der Waals surface area contributed by atoms with Crippen molar-refractivity contribution in [3.05, 3.63) is 93.5 Å². The van der Waals surface area contributed by atoms with Crippen molar-refractivity contribution in [3.63, 3.8) is 0 Å². The lowest BCUT2D eigenvalue weighted by molar-refractivity contribution is -0.123. The van der Waals surface area contributed by atoms with E-state index in [-0.39, 0.29) is 17.8 Å². The summed E-state index contributed by atoms with van der Waals surface area (Å²) in [4.78, 5) is 32.4. The molecular formula is C30H31Cl2FN4O3. The number of benzene rings is 2. The van der Waals surface area contributed by atoms with Crippen LogP contribution >= 0.6 is 23.2 Å². The van der Waals surface area contributed by atoms with Crippen LogP contribution in [0, 0.1) is 5.82 Å². The van der Waals surface area contributed by atoms with Crippen molar-refractivity contribution >= 4 is 40.9 Å². The molecule has 2 atom stereocenters. The van der Waals surface area contributed by atoms with Gasteiger partial charge in [0.15, 0.2) is 0 Å². The second kappa shape index (κ2) is 12.1. The summed E-state index contributed by atoms with van der Waals surface area (Å²) in [7, 11) is 0. The number of halogens is 3. The molecular weight excluding hydrogens is 554 g/mol. The number of hydrogen-bond acceptors (Lipinski definition) is 5. The Bertz CT molecular complexity index is 1380. The maximum absolute atomic E-state index is 14.1. The van der Waals surface area contributed by atoms with E-state index in [1.165, 1.54) is 12.1 Å². The maximum Gasteiger partial charge on any atom is 0.412 e. The number of fused-ring (bicyclic) bond motifs is 2. The second-order valence-corrected chi connectivity index (χ2v) is 11.2. The topological polar surface area (TPSA) is 83.6 Å². The predicted molar refractivity (Wildman–Crippen MR) is 153 cm³/mol. The van der Waals surface area contributed by atoms with Crippen LogP contribution in [0.2, 0.25) is 10.0 Å². The fourth-order valence-electron chi connectivity index (χ4n) is 5.66. The van der Waals surface area contributed by atoms with E-state index in [4.69, 9.17) is 27.9 Å². The number of piperidine rings is 1.